The first kappa shape index (κ1) is 15.9. The summed E-state index contributed by atoms with van der Waals surface area (Å²) in [5.41, 5.74) is 3.02. The summed E-state index contributed by atoms with van der Waals surface area (Å²) < 4.78 is 10.5. The minimum absolute atomic E-state index is 0.401. The van der Waals surface area contributed by atoms with Crippen LogP contribution in [-0.2, 0) is 9.47 Å². The summed E-state index contributed by atoms with van der Waals surface area (Å²) in [5, 5.41) is 0. The maximum Gasteiger partial charge on any atom is 0.0700 e. The monoisotopic (exact) mass is 258 g/mol. The minimum atomic E-state index is 0.401. The summed E-state index contributed by atoms with van der Waals surface area (Å²) in [6, 6.07) is 0.401. The average molecular weight is 258 g/mol. The summed E-state index contributed by atoms with van der Waals surface area (Å²) in [4.78, 5) is 0. The Labute approximate surface area is 112 Å². The van der Waals surface area contributed by atoms with Crippen LogP contribution in [0.1, 0.15) is 45.4 Å². The van der Waals surface area contributed by atoms with E-state index >= 15 is 0 Å². The van der Waals surface area contributed by atoms with Crippen molar-refractivity contribution in [3.63, 3.8) is 0 Å². The Hall–Kier alpha value is -0.160. The molecular formula is C14H30N2O2. The molecule has 18 heavy (non-hydrogen) atoms. The van der Waals surface area contributed by atoms with E-state index in [9.17, 15) is 0 Å². The summed E-state index contributed by atoms with van der Waals surface area (Å²) in [6.07, 6.45) is 7.69. The number of nitrogens with two attached hydrogens (primary N) is 1. The predicted octanol–water partition coefficient (Wildman–Crippen LogP) is 2.09. The smallest absolute Gasteiger partial charge is 0.0700 e. The van der Waals surface area contributed by atoms with Crippen LogP contribution in [0, 0.1) is 11.8 Å². The Morgan fingerprint density at radius 1 is 1.22 bits per heavy atom. The van der Waals surface area contributed by atoms with Gasteiger partial charge in [-0.05, 0) is 24.7 Å². The molecule has 1 saturated carbocycles. The highest BCUT2D eigenvalue weighted by molar-refractivity contribution is 4.83. The third-order valence-electron chi connectivity index (χ3n) is 4.23. The van der Waals surface area contributed by atoms with Crippen molar-refractivity contribution in [1.29, 1.82) is 0 Å². The van der Waals surface area contributed by atoms with Crippen molar-refractivity contribution in [3.05, 3.63) is 0 Å². The largest absolute Gasteiger partial charge is 0.382 e. The number of rotatable bonds is 9. The van der Waals surface area contributed by atoms with Crippen LogP contribution >= 0.6 is 0 Å². The van der Waals surface area contributed by atoms with Crippen LogP contribution in [0.5, 0.6) is 0 Å². The van der Waals surface area contributed by atoms with Crippen LogP contribution in [-0.4, -0.2) is 33.0 Å². The SMILES string of the molecule is CCC1CCCCC1C(CCOCCOC)NN. The fourth-order valence-electron chi connectivity index (χ4n) is 3.15. The van der Waals surface area contributed by atoms with Gasteiger partial charge in [0, 0.05) is 19.8 Å². The normalized spacial score (nSPS) is 26.2. The van der Waals surface area contributed by atoms with Gasteiger partial charge in [0.05, 0.1) is 13.2 Å². The third-order valence-corrected chi connectivity index (χ3v) is 4.23. The van der Waals surface area contributed by atoms with Crippen molar-refractivity contribution in [2.45, 2.75) is 51.5 Å². The molecule has 3 unspecified atom stereocenters. The standard InChI is InChI=1S/C14H30N2O2/c1-3-12-6-4-5-7-13(12)14(16-15)8-9-18-11-10-17-2/h12-14,16H,3-11,15H2,1-2H3. The molecule has 108 valence electrons. The van der Waals surface area contributed by atoms with E-state index in [1.165, 1.54) is 32.1 Å². The third kappa shape index (κ3) is 5.22. The van der Waals surface area contributed by atoms with Gasteiger partial charge in [-0.25, -0.2) is 0 Å². The lowest BCUT2D eigenvalue weighted by atomic mass is 9.73. The molecule has 4 nitrogen and oxygen atoms in total. The average Bonchev–Trinajstić information content (AvgIpc) is 2.43. The van der Waals surface area contributed by atoms with Gasteiger partial charge in [-0.15, -0.1) is 0 Å². The Balaban J connectivity index is 2.29. The van der Waals surface area contributed by atoms with Gasteiger partial charge in [-0.3, -0.25) is 11.3 Å². The molecule has 3 atom stereocenters. The molecular weight excluding hydrogens is 228 g/mol. The fourth-order valence-corrected chi connectivity index (χ4v) is 3.15. The van der Waals surface area contributed by atoms with E-state index in [1.54, 1.807) is 7.11 Å². The lowest BCUT2D eigenvalue weighted by molar-refractivity contribution is 0.0572. The molecule has 1 aliphatic rings. The fraction of sp³-hybridized carbons (Fsp3) is 1.00. The number of ether oxygens (including phenoxy) is 2. The maximum absolute atomic E-state index is 5.73. The van der Waals surface area contributed by atoms with E-state index < -0.39 is 0 Å². The van der Waals surface area contributed by atoms with Crippen LogP contribution in [0.2, 0.25) is 0 Å². The van der Waals surface area contributed by atoms with Crippen LogP contribution in [0.15, 0.2) is 0 Å². The highest BCUT2D eigenvalue weighted by Gasteiger charge is 2.29. The quantitative estimate of drug-likeness (QED) is 0.378. The van der Waals surface area contributed by atoms with Crippen molar-refractivity contribution in [2.75, 3.05) is 26.9 Å². The molecule has 0 aromatic heterocycles. The summed E-state index contributed by atoms with van der Waals surface area (Å²) >= 11 is 0. The second-order valence-electron chi connectivity index (χ2n) is 5.28. The van der Waals surface area contributed by atoms with Crippen LogP contribution < -0.4 is 11.3 Å². The lowest BCUT2D eigenvalue weighted by Crippen LogP contribution is -2.45. The van der Waals surface area contributed by atoms with E-state index in [2.05, 4.69) is 12.3 Å². The topological polar surface area (TPSA) is 56.5 Å². The highest BCUT2D eigenvalue weighted by atomic mass is 16.5. The molecule has 0 heterocycles. The van der Waals surface area contributed by atoms with Gasteiger partial charge in [0.2, 0.25) is 0 Å². The summed E-state index contributed by atoms with van der Waals surface area (Å²) in [6.45, 7) is 4.41. The molecule has 0 aromatic rings. The molecule has 0 aliphatic heterocycles. The van der Waals surface area contributed by atoms with Crippen LogP contribution in [0.3, 0.4) is 0 Å². The molecule has 1 fully saturated rings. The van der Waals surface area contributed by atoms with Gasteiger partial charge in [0.15, 0.2) is 0 Å². The van der Waals surface area contributed by atoms with E-state index in [4.69, 9.17) is 15.3 Å². The zero-order chi connectivity index (χ0) is 13.2. The molecule has 0 saturated heterocycles. The molecule has 0 bridgehead atoms. The van der Waals surface area contributed by atoms with Gasteiger partial charge in [-0.2, -0.15) is 0 Å². The van der Waals surface area contributed by atoms with E-state index in [0.29, 0.717) is 19.3 Å². The van der Waals surface area contributed by atoms with E-state index in [1.807, 2.05) is 0 Å². The van der Waals surface area contributed by atoms with Crippen molar-refractivity contribution in [2.24, 2.45) is 17.7 Å². The van der Waals surface area contributed by atoms with Gasteiger partial charge in [-0.1, -0.05) is 32.6 Å². The molecule has 0 aromatic carbocycles. The predicted molar refractivity (Wildman–Crippen MR) is 74.2 cm³/mol. The van der Waals surface area contributed by atoms with Crippen molar-refractivity contribution < 1.29 is 9.47 Å². The zero-order valence-corrected chi connectivity index (χ0v) is 12.0. The molecule has 1 rings (SSSR count). The number of nitrogens with one attached hydrogen (secondary N) is 1. The van der Waals surface area contributed by atoms with Gasteiger partial charge < -0.3 is 9.47 Å². The first-order valence-electron chi connectivity index (χ1n) is 7.36. The van der Waals surface area contributed by atoms with E-state index in [0.717, 1.165) is 24.9 Å². The van der Waals surface area contributed by atoms with Gasteiger partial charge >= 0.3 is 0 Å². The van der Waals surface area contributed by atoms with Crippen molar-refractivity contribution in [3.8, 4) is 0 Å². The van der Waals surface area contributed by atoms with Gasteiger partial charge in [0.1, 0.15) is 0 Å². The Morgan fingerprint density at radius 2 is 2.00 bits per heavy atom. The van der Waals surface area contributed by atoms with Crippen LogP contribution in [0.25, 0.3) is 0 Å². The maximum atomic E-state index is 5.73. The lowest BCUT2D eigenvalue weighted by Gasteiger charge is -2.36. The number of hydrogen-bond donors (Lipinski definition) is 2. The molecule has 0 spiro atoms. The second-order valence-corrected chi connectivity index (χ2v) is 5.28. The summed E-state index contributed by atoms with van der Waals surface area (Å²) in [7, 11) is 1.70. The Morgan fingerprint density at radius 3 is 2.67 bits per heavy atom. The molecule has 1 aliphatic carbocycles. The summed E-state index contributed by atoms with van der Waals surface area (Å²) in [5.74, 6) is 7.29. The first-order valence-corrected chi connectivity index (χ1v) is 7.36. The Bertz CT molecular complexity index is 202. The Kier molecular flexibility index (Phi) is 8.59. The molecule has 0 amide bonds. The van der Waals surface area contributed by atoms with Crippen molar-refractivity contribution in [1.82, 2.24) is 5.43 Å². The molecule has 3 N–H and O–H groups in total. The number of methoxy groups -OCH3 is 1. The number of hydrazine groups is 1. The highest BCUT2D eigenvalue weighted by Crippen LogP contribution is 2.35. The zero-order valence-electron chi connectivity index (χ0n) is 12.0. The van der Waals surface area contributed by atoms with Crippen molar-refractivity contribution >= 4 is 0 Å². The molecule has 4 heteroatoms. The van der Waals surface area contributed by atoms with E-state index in [-0.39, 0.29) is 0 Å². The van der Waals surface area contributed by atoms with Crippen LogP contribution in [0.4, 0.5) is 0 Å². The first-order chi connectivity index (χ1) is 8.83. The number of hydrogen-bond acceptors (Lipinski definition) is 4. The molecule has 0 radical (unpaired) electrons. The minimum Gasteiger partial charge on any atom is -0.382 e. The second kappa shape index (κ2) is 9.73. The van der Waals surface area contributed by atoms with Gasteiger partial charge in [0.25, 0.3) is 0 Å².